The van der Waals surface area contributed by atoms with Gasteiger partial charge < -0.3 is 15.5 Å². The smallest absolute Gasteiger partial charge is 0.279 e. The van der Waals surface area contributed by atoms with Gasteiger partial charge in [0.2, 0.25) is 5.91 Å². The molecule has 6 heteroatoms. The molecule has 0 aliphatic carbocycles. The number of nitrogens with one attached hydrogen (secondary N) is 3. The number of quaternary nitrogens is 1. The molecule has 0 saturated heterocycles. The average molecular weight is 351 g/mol. The van der Waals surface area contributed by atoms with Crippen LogP contribution in [-0.2, 0) is 16.1 Å². The molecule has 0 spiro atoms. The Morgan fingerprint density at radius 1 is 1.04 bits per heavy atom. The molecule has 134 valence electrons. The van der Waals surface area contributed by atoms with E-state index in [0.717, 1.165) is 17.0 Å². The van der Waals surface area contributed by atoms with E-state index >= 15 is 0 Å². The molecular formula is C20H23N4O2+. The Kier molecular flexibility index (Phi) is 6.89. The minimum atomic E-state index is -0.137. The van der Waals surface area contributed by atoms with Crippen LogP contribution in [0.15, 0.2) is 48.5 Å². The number of likely N-dealkylation sites (N-methyl/N-ethyl adjacent to an activating group) is 1. The van der Waals surface area contributed by atoms with Crippen LogP contribution in [0.5, 0.6) is 0 Å². The van der Waals surface area contributed by atoms with Crippen molar-refractivity contribution in [2.45, 2.75) is 20.4 Å². The van der Waals surface area contributed by atoms with Crippen molar-refractivity contribution in [2.24, 2.45) is 0 Å². The summed E-state index contributed by atoms with van der Waals surface area (Å²) in [5, 5.41) is 14.7. The highest BCUT2D eigenvalue weighted by molar-refractivity contribution is 5.92. The number of nitriles is 1. The van der Waals surface area contributed by atoms with E-state index in [-0.39, 0.29) is 11.8 Å². The molecule has 26 heavy (non-hydrogen) atoms. The maximum atomic E-state index is 12.3. The molecule has 6 nitrogen and oxygen atoms in total. The topological polar surface area (TPSA) is 86.4 Å². The van der Waals surface area contributed by atoms with E-state index in [1.165, 1.54) is 6.92 Å². The standard InChI is InChI=1S/C20H22N4O2/c1-3-24(13-17-7-5-4-6-16(17)12-21)14-20(26)23-19-10-8-18(9-11-19)22-15(2)25/h4-11H,3,13-14H2,1-2H3,(H,22,25)(H,23,26)/p+1. The Bertz CT molecular complexity index is 809. The fourth-order valence-electron chi connectivity index (χ4n) is 2.64. The lowest BCUT2D eigenvalue weighted by atomic mass is 10.1. The van der Waals surface area contributed by atoms with Gasteiger partial charge >= 0.3 is 0 Å². The maximum Gasteiger partial charge on any atom is 0.279 e. The summed E-state index contributed by atoms with van der Waals surface area (Å²) in [7, 11) is 0. The number of hydrogen-bond acceptors (Lipinski definition) is 3. The number of carbonyl (C=O) groups is 2. The number of rotatable bonds is 7. The van der Waals surface area contributed by atoms with E-state index in [1.807, 2.05) is 25.1 Å². The molecule has 0 radical (unpaired) electrons. The van der Waals surface area contributed by atoms with E-state index in [2.05, 4.69) is 16.7 Å². The first-order valence-corrected chi connectivity index (χ1v) is 8.51. The van der Waals surface area contributed by atoms with Gasteiger partial charge in [0.05, 0.1) is 18.2 Å². The number of carbonyl (C=O) groups excluding carboxylic acids is 2. The molecule has 3 N–H and O–H groups in total. The van der Waals surface area contributed by atoms with Crippen molar-refractivity contribution in [3.63, 3.8) is 0 Å². The normalized spacial score (nSPS) is 11.3. The number of hydrogen-bond donors (Lipinski definition) is 3. The third-order valence-corrected chi connectivity index (χ3v) is 3.98. The molecule has 1 unspecified atom stereocenters. The fraction of sp³-hybridized carbons (Fsp3) is 0.250. The van der Waals surface area contributed by atoms with Gasteiger partial charge in [-0.05, 0) is 37.3 Å². The molecule has 0 bridgehead atoms. The fourth-order valence-corrected chi connectivity index (χ4v) is 2.64. The summed E-state index contributed by atoms with van der Waals surface area (Å²) in [6, 6.07) is 16.6. The van der Waals surface area contributed by atoms with E-state index in [9.17, 15) is 14.9 Å². The molecule has 0 fully saturated rings. The van der Waals surface area contributed by atoms with Crippen LogP contribution < -0.4 is 15.5 Å². The monoisotopic (exact) mass is 351 g/mol. The SMILES string of the molecule is CC[NH+](CC(=O)Nc1ccc(NC(C)=O)cc1)Cc1ccccc1C#N. The zero-order valence-corrected chi connectivity index (χ0v) is 15.0. The summed E-state index contributed by atoms with van der Waals surface area (Å²) < 4.78 is 0. The van der Waals surface area contributed by atoms with E-state index in [1.54, 1.807) is 30.3 Å². The molecule has 1 atom stereocenters. The van der Waals surface area contributed by atoms with Gasteiger partial charge in [-0.1, -0.05) is 18.2 Å². The number of benzene rings is 2. The lowest BCUT2D eigenvalue weighted by Crippen LogP contribution is -3.11. The van der Waals surface area contributed by atoms with Crippen molar-refractivity contribution >= 4 is 23.2 Å². The van der Waals surface area contributed by atoms with Crippen LogP contribution in [0.4, 0.5) is 11.4 Å². The predicted molar refractivity (Wildman–Crippen MR) is 101 cm³/mol. The van der Waals surface area contributed by atoms with Crippen LogP contribution in [0, 0.1) is 11.3 Å². The first-order chi connectivity index (χ1) is 12.5. The zero-order valence-electron chi connectivity index (χ0n) is 15.0. The highest BCUT2D eigenvalue weighted by atomic mass is 16.2. The predicted octanol–water partition coefficient (Wildman–Crippen LogP) is 1.56. The van der Waals surface area contributed by atoms with Gasteiger partial charge in [-0.15, -0.1) is 0 Å². The third kappa shape index (κ3) is 5.72. The lowest BCUT2D eigenvalue weighted by molar-refractivity contribution is -0.903. The molecule has 0 aromatic heterocycles. The van der Waals surface area contributed by atoms with Gasteiger partial charge in [0, 0.05) is 23.9 Å². The van der Waals surface area contributed by atoms with Gasteiger partial charge in [-0.25, -0.2) is 0 Å². The Morgan fingerprint density at radius 2 is 1.65 bits per heavy atom. The van der Waals surface area contributed by atoms with E-state index in [4.69, 9.17) is 0 Å². The summed E-state index contributed by atoms with van der Waals surface area (Å²) in [6.45, 7) is 5.16. The third-order valence-electron chi connectivity index (χ3n) is 3.98. The van der Waals surface area contributed by atoms with Gasteiger partial charge in [-0.2, -0.15) is 5.26 Å². The van der Waals surface area contributed by atoms with Gasteiger partial charge in [-0.3, -0.25) is 9.59 Å². The van der Waals surface area contributed by atoms with Crippen molar-refractivity contribution in [1.29, 1.82) is 5.26 Å². The molecular weight excluding hydrogens is 328 g/mol. The zero-order chi connectivity index (χ0) is 18.9. The molecule has 0 saturated carbocycles. The number of anilines is 2. The highest BCUT2D eigenvalue weighted by Gasteiger charge is 2.15. The van der Waals surface area contributed by atoms with Crippen molar-refractivity contribution in [1.82, 2.24) is 0 Å². The van der Waals surface area contributed by atoms with Gasteiger partial charge in [0.1, 0.15) is 6.54 Å². The molecule has 0 heterocycles. The second kappa shape index (κ2) is 9.35. The molecule has 0 aliphatic rings. The second-order valence-corrected chi connectivity index (χ2v) is 6.03. The van der Waals surface area contributed by atoms with Crippen LogP contribution in [-0.4, -0.2) is 24.9 Å². The Morgan fingerprint density at radius 3 is 2.23 bits per heavy atom. The van der Waals surface area contributed by atoms with E-state index < -0.39 is 0 Å². The lowest BCUT2D eigenvalue weighted by Gasteiger charge is -2.18. The van der Waals surface area contributed by atoms with Crippen LogP contribution in [0.2, 0.25) is 0 Å². The molecule has 2 amide bonds. The molecule has 0 aliphatic heterocycles. The van der Waals surface area contributed by atoms with Crippen molar-refractivity contribution < 1.29 is 14.5 Å². The number of amides is 2. The van der Waals surface area contributed by atoms with Gasteiger partial charge in [0.15, 0.2) is 6.54 Å². The van der Waals surface area contributed by atoms with Crippen LogP contribution >= 0.6 is 0 Å². The molecule has 2 aromatic carbocycles. The quantitative estimate of drug-likeness (QED) is 0.707. The second-order valence-electron chi connectivity index (χ2n) is 6.03. The van der Waals surface area contributed by atoms with Crippen molar-refractivity contribution in [3.8, 4) is 6.07 Å². The van der Waals surface area contributed by atoms with Crippen LogP contribution in [0.3, 0.4) is 0 Å². The van der Waals surface area contributed by atoms with E-state index in [0.29, 0.717) is 30.0 Å². The van der Waals surface area contributed by atoms with Gasteiger partial charge in [0.25, 0.3) is 5.91 Å². The van der Waals surface area contributed by atoms with Crippen LogP contribution in [0.25, 0.3) is 0 Å². The summed E-state index contributed by atoms with van der Waals surface area (Å²) in [5.41, 5.74) is 2.95. The molecule has 2 aromatic rings. The van der Waals surface area contributed by atoms with Crippen molar-refractivity contribution in [3.05, 3.63) is 59.7 Å². The van der Waals surface area contributed by atoms with Crippen molar-refractivity contribution in [2.75, 3.05) is 23.7 Å². The Hall–Kier alpha value is -3.17. The summed E-state index contributed by atoms with van der Waals surface area (Å²) in [4.78, 5) is 24.4. The summed E-state index contributed by atoms with van der Waals surface area (Å²) >= 11 is 0. The molecule has 2 rings (SSSR count). The van der Waals surface area contributed by atoms with Crippen LogP contribution in [0.1, 0.15) is 25.0 Å². The highest BCUT2D eigenvalue weighted by Crippen LogP contribution is 2.13. The minimum absolute atomic E-state index is 0.0939. The average Bonchev–Trinajstić information content (AvgIpc) is 2.62. The minimum Gasteiger partial charge on any atom is -0.326 e. The first-order valence-electron chi connectivity index (χ1n) is 8.51. The number of nitrogens with zero attached hydrogens (tertiary/aromatic N) is 1. The largest absolute Gasteiger partial charge is 0.326 e. The summed E-state index contributed by atoms with van der Waals surface area (Å²) in [5.74, 6) is -0.231. The Balaban J connectivity index is 1.94. The first kappa shape index (κ1) is 19.2. The maximum absolute atomic E-state index is 12.3. The Labute approximate surface area is 153 Å². The summed E-state index contributed by atoms with van der Waals surface area (Å²) in [6.07, 6.45) is 0.